The molecule has 0 fully saturated rings. The minimum atomic E-state index is 1.05. The molecular formula is C12H16N2S2. The Bertz CT molecular complexity index is 406. The molecule has 0 radical (unpaired) electrons. The van der Waals surface area contributed by atoms with E-state index in [1.54, 1.807) is 11.3 Å². The van der Waals surface area contributed by atoms with Crippen LogP contribution in [0.2, 0.25) is 0 Å². The highest BCUT2D eigenvalue weighted by Gasteiger charge is 2.00. The first kappa shape index (κ1) is 11.8. The van der Waals surface area contributed by atoms with Crippen molar-refractivity contribution in [3.8, 4) is 0 Å². The van der Waals surface area contributed by atoms with E-state index in [1.807, 2.05) is 16.8 Å². The Morgan fingerprint density at radius 2 is 2.12 bits per heavy atom. The second kappa shape index (κ2) is 6.13. The summed E-state index contributed by atoms with van der Waals surface area (Å²) in [7, 11) is 0. The lowest BCUT2D eigenvalue weighted by molar-refractivity contribution is 0.686. The minimum absolute atomic E-state index is 1.05. The monoisotopic (exact) mass is 252 g/mol. The molecule has 1 N–H and O–H groups in total. The smallest absolute Gasteiger partial charge is 0.0797 e. The second-order valence-electron chi connectivity index (χ2n) is 3.69. The van der Waals surface area contributed by atoms with Crippen LogP contribution in [0.4, 0.5) is 0 Å². The van der Waals surface area contributed by atoms with Crippen LogP contribution in [0.3, 0.4) is 0 Å². The molecule has 2 aromatic heterocycles. The molecule has 0 saturated heterocycles. The van der Waals surface area contributed by atoms with E-state index in [2.05, 4.69) is 34.7 Å². The Labute approximate surface area is 104 Å². The summed E-state index contributed by atoms with van der Waals surface area (Å²) in [5.41, 5.74) is 3.11. The van der Waals surface area contributed by atoms with Crippen LogP contribution in [-0.2, 0) is 12.8 Å². The largest absolute Gasteiger partial charge is 0.316 e. The molecule has 0 aliphatic carbocycles. The van der Waals surface area contributed by atoms with Gasteiger partial charge in [-0.05, 0) is 37.8 Å². The van der Waals surface area contributed by atoms with Gasteiger partial charge in [0.05, 0.1) is 11.2 Å². The number of thiophene rings is 1. The van der Waals surface area contributed by atoms with Gasteiger partial charge in [-0.15, -0.1) is 22.7 Å². The van der Waals surface area contributed by atoms with Crippen molar-refractivity contribution in [1.82, 2.24) is 10.3 Å². The van der Waals surface area contributed by atoms with Crippen LogP contribution >= 0.6 is 22.7 Å². The molecule has 0 aromatic carbocycles. The highest BCUT2D eigenvalue weighted by Crippen LogP contribution is 2.12. The topological polar surface area (TPSA) is 24.9 Å². The molecule has 0 amide bonds. The fourth-order valence-corrected chi connectivity index (χ4v) is 3.05. The molecule has 16 heavy (non-hydrogen) atoms. The molecule has 0 atom stereocenters. The molecule has 2 aromatic rings. The zero-order valence-corrected chi connectivity index (χ0v) is 11.0. The Morgan fingerprint density at radius 3 is 2.81 bits per heavy atom. The van der Waals surface area contributed by atoms with Gasteiger partial charge in [-0.25, -0.2) is 4.98 Å². The number of nitrogens with one attached hydrogen (secondary N) is 1. The van der Waals surface area contributed by atoms with Gasteiger partial charge in [0.15, 0.2) is 0 Å². The number of nitrogens with zero attached hydrogens (tertiary/aromatic N) is 1. The number of hydrogen-bond donors (Lipinski definition) is 1. The van der Waals surface area contributed by atoms with Crippen molar-refractivity contribution in [3.63, 3.8) is 0 Å². The maximum atomic E-state index is 4.25. The van der Waals surface area contributed by atoms with Gasteiger partial charge in [-0.3, -0.25) is 0 Å². The van der Waals surface area contributed by atoms with Gasteiger partial charge in [-0.2, -0.15) is 0 Å². The van der Waals surface area contributed by atoms with E-state index in [0.717, 1.165) is 25.9 Å². The van der Waals surface area contributed by atoms with Gasteiger partial charge >= 0.3 is 0 Å². The standard InChI is InChI=1S/C12H16N2S2/c1-10-12(16-9-14-10)5-7-13-6-4-11-3-2-8-15-11/h2-3,8-9,13H,4-7H2,1H3. The van der Waals surface area contributed by atoms with E-state index < -0.39 is 0 Å². The molecule has 0 saturated carbocycles. The number of aromatic nitrogens is 1. The molecule has 2 nitrogen and oxygen atoms in total. The van der Waals surface area contributed by atoms with E-state index in [1.165, 1.54) is 15.4 Å². The first-order valence-corrected chi connectivity index (χ1v) is 7.24. The predicted octanol–water partition coefficient (Wildman–Crippen LogP) is 2.89. The van der Waals surface area contributed by atoms with Crippen LogP contribution in [0.15, 0.2) is 23.0 Å². The Kier molecular flexibility index (Phi) is 4.51. The maximum absolute atomic E-state index is 4.25. The summed E-state index contributed by atoms with van der Waals surface area (Å²) >= 11 is 3.59. The fourth-order valence-electron chi connectivity index (χ4n) is 1.56. The Morgan fingerprint density at radius 1 is 1.25 bits per heavy atom. The van der Waals surface area contributed by atoms with Gasteiger partial charge in [0.2, 0.25) is 0 Å². The fraction of sp³-hybridized carbons (Fsp3) is 0.417. The van der Waals surface area contributed by atoms with Crippen molar-refractivity contribution in [3.05, 3.63) is 38.5 Å². The van der Waals surface area contributed by atoms with Crippen LogP contribution < -0.4 is 5.32 Å². The average Bonchev–Trinajstić information content (AvgIpc) is 2.90. The molecule has 2 rings (SSSR count). The molecule has 0 aliphatic rings. The Balaban J connectivity index is 1.61. The molecule has 86 valence electrons. The average molecular weight is 252 g/mol. The summed E-state index contributed by atoms with van der Waals surface area (Å²) in [4.78, 5) is 7.11. The molecular weight excluding hydrogens is 236 g/mol. The third-order valence-electron chi connectivity index (χ3n) is 2.50. The van der Waals surface area contributed by atoms with E-state index >= 15 is 0 Å². The number of rotatable bonds is 6. The summed E-state index contributed by atoms with van der Waals surface area (Å²) in [6.07, 6.45) is 2.24. The summed E-state index contributed by atoms with van der Waals surface area (Å²) in [6, 6.07) is 4.31. The SMILES string of the molecule is Cc1ncsc1CCNCCc1cccs1. The lowest BCUT2D eigenvalue weighted by atomic mass is 10.3. The molecule has 0 aliphatic heterocycles. The van der Waals surface area contributed by atoms with Gasteiger partial charge in [0.1, 0.15) is 0 Å². The van der Waals surface area contributed by atoms with Gasteiger partial charge in [-0.1, -0.05) is 6.07 Å². The van der Waals surface area contributed by atoms with Crippen molar-refractivity contribution < 1.29 is 0 Å². The van der Waals surface area contributed by atoms with Crippen molar-refractivity contribution in [2.75, 3.05) is 13.1 Å². The zero-order chi connectivity index (χ0) is 11.2. The minimum Gasteiger partial charge on any atom is -0.316 e. The Hall–Kier alpha value is -0.710. The van der Waals surface area contributed by atoms with Crippen molar-refractivity contribution >= 4 is 22.7 Å². The number of aryl methyl sites for hydroxylation is 1. The van der Waals surface area contributed by atoms with Crippen LogP contribution in [-0.4, -0.2) is 18.1 Å². The predicted molar refractivity (Wildman–Crippen MR) is 71.4 cm³/mol. The van der Waals surface area contributed by atoms with E-state index in [-0.39, 0.29) is 0 Å². The van der Waals surface area contributed by atoms with Crippen LogP contribution in [0, 0.1) is 6.92 Å². The summed E-state index contributed by atoms with van der Waals surface area (Å²) in [6.45, 7) is 4.20. The first-order chi connectivity index (χ1) is 7.86. The van der Waals surface area contributed by atoms with Gasteiger partial charge in [0.25, 0.3) is 0 Å². The van der Waals surface area contributed by atoms with Crippen molar-refractivity contribution in [1.29, 1.82) is 0 Å². The summed E-state index contributed by atoms with van der Waals surface area (Å²) in [5, 5.41) is 5.61. The van der Waals surface area contributed by atoms with Crippen molar-refractivity contribution in [2.45, 2.75) is 19.8 Å². The highest BCUT2D eigenvalue weighted by atomic mass is 32.1. The molecule has 0 spiro atoms. The lowest BCUT2D eigenvalue weighted by Gasteiger charge is -2.02. The van der Waals surface area contributed by atoms with Gasteiger partial charge in [0, 0.05) is 16.3 Å². The number of thiazole rings is 1. The maximum Gasteiger partial charge on any atom is 0.0797 e. The number of hydrogen-bond acceptors (Lipinski definition) is 4. The summed E-state index contributed by atoms with van der Waals surface area (Å²) in [5.74, 6) is 0. The quantitative estimate of drug-likeness (QED) is 0.800. The van der Waals surface area contributed by atoms with Crippen LogP contribution in [0.25, 0.3) is 0 Å². The molecule has 0 unspecified atom stereocenters. The lowest BCUT2D eigenvalue weighted by Crippen LogP contribution is -2.19. The third-order valence-corrected chi connectivity index (χ3v) is 4.43. The molecule has 2 heterocycles. The first-order valence-electron chi connectivity index (χ1n) is 5.48. The second-order valence-corrected chi connectivity index (χ2v) is 5.66. The van der Waals surface area contributed by atoms with Crippen LogP contribution in [0.5, 0.6) is 0 Å². The highest BCUT2D eigenvalue weighted by molar-refractivity contribution is 7.10. The molecule has 4 heteroatoms. The van der Waals surface area contributed by atoms with Crippen LogP contribution in [0.1, 0.15) is 15.4 Å². The van der Waals surface area contributed by atoms with E-state index in [4.69, 9.17) is 0 Å². The van der Waals surface area contributed by atoms with E-state index in [9.17, 15) is 0 Å². The van der Waals surface area contributed by atoms with E-state index in [0.29, 0.717) is 0 Å². The molecule has 0 bridgehead atoms. The van der Waals surface area contributed by atoms with Gasteiger partial charge < -0.3 is 5.32 Å². The van der Waals surface area contributed by atoms with Crippen molar-refractivity contribution in [2.24, 2.45) is 0 Å². The third kappa shape index (κ3) is 3.40. The normalized spacial score (nSPS) is 10.8. The zero-order valence-electron chi connectivity index (χ0n) is 9.40. The summed E-state index contributed by atoms with van der Waals surface area (Å²) < 4.78 is 0.